The molecule has 1 aliphatic rings. The molecule has 0 amide bonds. The number of hydrogen-bond acceptors (Lipinski definition) is 2. The van der Waals surface area contributed by atoms with Gasteiger partial charge < -0.3 is 4.74 Å². The first kappa shape index (κ1) is 15.0. The van der Waals surface area contributed by atoms with Gasteiger partial charge in [-0.1, -0.05) is 13.0 Å². The molecule has 20 heavy (non-hydrogen) atoms. The lowest BCUT2D eigenvalue weighted by Gasteiger charge is -2.17. The van der Waals surface area contributed by atoms with Crippen molar-refractivity contribution in [3.8, 4) is 0 Å². The average Bonchev–Trinajstić information content (AvgIpc) is 3.19. The fraction of sp³-hybridized carbons (Fsp3) is 0.588. The van der Waals surface area contributed by atoms with E-state index in [1.165, 1.54) is 7.11 Å². The maximum absolute atomic E-state index is 14.2. The summed E-state index contributed by atoms with van der Waals surface area (Å²) in [5, 5.41) is 0. The van der Waals surface area contributed by atoms with Crippen LogP contribution in [-0.4, -0.2) is 13.1 Å². The van der Waals surface area contributed by atoms with Crippen molar-refractivity contribution < 1.29 is 13.9 Å². The van der Waals surface area contributed by atoms with Crippen LogP contribution in [0.1, 0.15) is 48.8 Å². The number of carbonyl (C=O) groups is 1. The number of halogens is 1. The second kappa shape index (κ2) is 5.94. The Morgan fingerprint density at radius 3 is 2.65 bits per heavy atom. The molecule has 0 aromatic heterocycles. The van der Waals surface area contributed by atoms with E-state index in [2.05, 4.69) is 6.92 Å². The molecular weight excluding hydrogens is 255 g/mol. The maximum Gasteiger partial charge on any atom is 0.308 e. The first-order chi connectivity index (χ1) is 9.47. The third-order valence-electron chi connectivity index (χ3n) is 4.56. The number of aryl methyl sites for hydroxylation is 2. The van der Waals surface area contributed by atoms with Gasteiger partial charge in [0.05, 0.1) is 13.0 Å². The Labute approximate surface area is 120 Å². The quantitative estimate of drug-likeness (QED) is 0.757. The van der Waals surface area contributed by atoms with Crippen LogP contribution in [0, 0.1) is 31.5 Å². The summed E-state index contributed by atoms with van der Waals surface area (Å²) < 4.78 is 18.9. The van der Waals surface area contributed by atoms with E-state index in [-0.39, 0.29) is 23.6 Å². The van der Waals surface area contributed by atoms with Crippen LogP contribution < -0.4 is 0 Å². The van der Waals surface area contributed by atoms with Gasteiger partial charge in [0.25, 0.3) is 0 Å². The summed E-state index contributed by atoms with van der Waals surface area (Å²) in [6.45, 7) is 6.02. The summed E-state index contributed by atoms with van der Waals surface area (Å²) in [5.74, 6) is 0.339. The van der Waals surface area contributed by atoms with Gasteiger partial charge in [-0.15, -0.1) is 0 Å². The molecule has 3 heteroatoms. The van der Waals surface area contributed by atoms with Crippen LogP contribution >= 0.6 is 0 Å². The smallest absolute Gasteiger partial charge is 0.308 e. The zero-order chi connectivity index (χ0) is 14.9. The molecular formula is C17H23FO2. The Bertz CT molecular complexity index is 510. The van der Waals surface area contributed by atoms with Gasteiger partial charge in [-0.3, -0.25) is 4.79 Å². The van der Waals surface area contributed by atoms with Crippen molar-refractivity contribution in [2.45, 2.75) is 46.0 Å². The number of rotatable bonds is 5. The number of carbonyl (C=O) groups excluding carboxylic acids is 1. The highest BCUT2D eigenvalue weighted by Crippen LogP contribution is 2.46. The van der Waals surface area contributed by atoms with E-state index in [1.54, 1.807) is 6.07 Å². The second-order valence-electron chi connectivity index (χ2n) is 5.92. The average molecular weight is 278 g/mol. The van der Waals surface area contributed by atoms with E-state index >= 15 is 0 Å². The van der Waals surface area contributed by atoms with Crippen LogP contribution in [0.3, 0.4) is 0 Å². The lowest BCUT2D eigenvalue weighted by molar-refractivity contribution is -0.142. The Kier molecular flexibility index (Phi) is 4.46. The van der Waals surface area contributed by atoms with Gasteiger partial charge in [0.15, 0.2) is 0 Å². The van der Waals surface area contributed by atoms with Crippen LogP contribution in [0.15, 0.2) is 12.1 Å². The van der Waals surface area contributed by atoms with Crippen LogP contribution in [0.4, 0.5) is 4.39 Å². The Balaban J connectivity index is 2.10. The van der Waals surface area contributed by atoms with Crippen molar-refractivity contribution in [2.75, 3.05) is 7.11 Å². The number of benzene rings is 1. The molecule has 2 rings (SSSR count). The van der Waals surface area contributed by atoms with Crippen molar-refractivity contribution in [1.29, 1.82) is 0 Å². The van der Waals surface area contributed by atoms with Gasteiger partial charge in [-0.25, -0.2) is 4.39 Å². The SMILES string of the molecule is CCC(CC1CC1C(=O)OC)c1cc(C)c(C)cc1F. The first-order valence-corrected chi connectivity index (χ1v) is 7.32. The molecule has 0 bridgehead atoms. The minimum atomic E-state index is -0.120. The predicted molar refractivity (Wildman–Crippen MR) is 77.1 cm³/mol. The van der Waals surface area contributed by atoms with Crippen LogP contribution in [0.5, 0.6) is 0 Å². The minimum Gasteiger partial charge on any atom is -0.469 e. The zero-order valence-corrected chi connectivity index (χ0v) is 12.7. The van der Waals surface area contributed by atoms with Crippen LogP contribution in [-0.2, 0) is 9.53 Å². The Morgan fingerprint density at radius 2 is 2.05 bits per heavy atom. The topological polar surface area (TPSA) is 26.3 Å². The standard InChI is InChI=1S/C17H23FO2/c1-5-12(8-13-9-15(13)17(19)20-4)14-6-10(2)11(3)7-16(14)18/h6-7,12-13,15H,5,8-9H2,1-4H3. The van der Waals surface area contributed by atoms with Crippen molar-refractivity contribution in [2.24, 2.45) is 11.8 Å². The summed E-state index contributed by atoms with van der Waals surface area (Å²) in [4.78, 5) is 11.5. The third-order valence-corrected chi connectivity index (χ3v) is 4.56. The summed E-state index contributed by atoms with van der Waals surface area (Å²) in [5.41, 5.74) is 2.91. The third kappa shape index (κ3) is 3.02. The number of hydrogen-bond donors (Lipinski definition) is 0. The molecule has 1 aromatic carbocycles. The monoisotopic (exact) mass is 278 g/mol. The van der Waals surface area contributed by atoms with E-state index in [4.69, 9.17) is 4.74 Å². The molecule has 1 saturated carbocycles. The van der Waals surface area contributed by atoms with Gasteiger partial charge >= 0.3 is 5.97 Å². The molecule has 1 fully saturated rings. The Morgan fingerprint density at radius 1 is 1.40 bits per heavy atom. The highest BCUT2D eigenvalue weighted by Gasteiger charge is 2.44. The minimum absolute atomic E-state index is 0.0312. The van der Waals surface area contributed by atoms with Crippen molar-refractivity contribution >= 4 is 5.97 Å². The van der Waals surface area contributed by atoms with Crippen LogP contribution in [0.2, 0.25) is 0 Å². The lowest BCUT2D eigenvalue weighted by Crippen LogP contribution is -2.08. The van der Waals surface area contributed by atoms with Crippen LogP contribution in [0.25, 0.3) is 0 Å². The number of methoxy groups -OCH3 is 1. The molecule has 3 atom stereocenters. The Hall–Kier alpha value is -1.38. The molecule has 1 aromatic rings. The van der Waals surface area contributed by atoms with E-state index in [0.29, 0.717) is 5.92 Å². The lowest BCUT2D eigenvalue weighted by atomic mass is 9.88. The zero-order valence-electron chi connectivity index (χ0n) is 12.7. The molecule has 0 saturated heterocycles. The summed E-state index contributed by atoms with van der Waals surface area (Å²) in [6, 6.07) is 3.59. The van der Waals surface area contributed by atoms with Crippen molar-refractivity contribution in [1.82, 2.24) is 0 Å². The maximum atomic E-state index is 14.2. The van der Waals surface area contributed by atoms with E-state index < -0.39 is 0 Å². The number of esters is 1. The van der Waals surface area contributed by atoms with E-state index in [1.807, 2.05) is 19.9 Å². The molecule has 2 nitrogen and oxygen atoms in total. The van der Waals surface area contributed by atoms with E-state index in [9.17, 15) is 9.18 Å². The van der Waals surface area contributed by atoms with Gasteiger partial charge in [-0.05, 0) is 67.7 Å². The molecule has 0 aliphatic heterocycles. The summed E-state index contributed by atoms with van der Waals surface area (Å²) in [7, 11) is 1.43. The van der Waals surface area contributed by atoms with Gasteiger partial charge in [0, 0.05) is 0 Å². The molecule has 0 N–H and O–H groups in total. The second-order valence-corrected chi connectivity index (χ2v) is 5.92. The fourth-order valence-corrected chi connectivity index (χ4v) is 2.94. The number of ether oxygens (including phenoxy) is 1. The fourth-order valence-electron chi connectivity index (χ4n) is 2.94. The molecule has 110 valence electrons. The van der Waals surface area contributed by atoms with Gasteiger partial charge in [-0.2, -0.15) is 0 Å². The highest BCUT2D eigenvalue weighted by molar-refractivity contribution is 5.75. The van der Waals surface area contributed by atoms with E-state index in [0.717, 1.165) is 36.0 Å². The first-order valence-electron chi connectivity index (χ1n) is 7.32. The molecule has 0 spiro atoms. The summed E-state index contributed by atoms with van der Waals surface area (Å²) >= 11 is 0. The van der Waals surface area contributed by atoms with Gasteiger partial charge in [0.1, 0.15) is 5.82 Å². The molecule has 0 heterocycles. The molecule has 3 unspecified atom stereocenters. The van der Waals surface area contributed by atoms with Crippen molar-refractivity contribution in [3.63, 3.8) is 0 Å². The van der Waals surface area contributed by atoms with Crippen molar-refractivity contribution in [3.05, 3.63) is 34.6 Å². The predicted octanol–water partition coefficient (Wildman–Crippen LogP) is 4.14. The summed E-state index contributed by atoms with van der Waals surface area (Å²) in [6.07, 6.45) is 2.65. The molecule has 1 aliphatic carbocycles. The molecule has 0 radical (unpaired) electrons. The normalized spacial score (nSPS) is 22.4. The highest BCUT2D eigenvalue weighted by atomic mass is 19.1. The van der Waals surface area contributed by atoms with Gasteiger partial charge in [0.2, 0.25) is 0 Å². The largest absolute Gasteiger partial charge is 0.469 e.